The molecule has 0 radical (unpaired) electrons. The first-order valence-corrected chi connectivity index (χ1v) is 9.73. The number of phenolic OH excluding ortho intramolecular Hbond substituents is 1. The van der Waals surface area contributed by atoms with E-state index in [1.54, 1.807) is 29.5 Å². The number of rotatable bonds is 5. The molecule has 5 nitrogen and oxygen atoms in total. The fraction of sp³-hybridized carbons (Fsp3) is 0.0909. The molecule has 28 heavy (non-hydrogen) atoms. The third-order valence-corrected chi connectivity index (χ3v) is 5.49. The minimum Gasteiger partial charge on any atom is -0.508 e. The van der Waals surface area contributed by atoms with Gasteiger partial charge in [0.2, 0.25) is 0 Å². The molecule has 140 valence electrons. The van der Waals surface area contributed by atoms with E-state index >= 15 is 0 Å². The quantitative estimate of drug-likeness (QED) is 0.446. The van der Waals surface area contributed by atoms with Crippen LogP contribution in [0.25, 0.3) is 20.8 Å². The Morgan fingerprint density at radius 3 is 2.68 bits per heavy atom. The zero-order valence-corrected chi connectivity index (χ0v) is 15.9. The molecule has 0 spiro atoms. The topological polar surface area (TPSA) is 88.2 Å². The first kappa shape index (κ1) is 18.0. The number of benzene rings is 3. The average Bonchev–Trinajstić information content (AvgIpc) is 3.13. The Hall–Kier alpha value is -3.38. The third-order valence-electron chi connectivity index (χ3n) is 4.42. The number of carbonyl (C=O) groups excluding carboxylic acids is 1. The van der Waals surface area contributed by atoms with Gasteiger partial charge in [-0.3, -0.25) is 4.79 Å². The van der Waals surface area contributed by atoms with Crippen LogP contribution in [0.5, 0.6) is 5.75 Å². The number of aromatic hydroxyl groups is 1. The van der Waals surface area contributed by atoms with Crippen LogP contribution in [0.2, 0.25) is 0 Å². The van der Waals surface area contributed by atoms with Crippen molar-refractivity contribution in [1.29, 1.82) is 0 Å². The maximum atomic E-state index is 12.5. The highest BCUT2D eigenvalue weighted by Crippen LogP contribution is 2.31. The summed E-state index contributed by atoms with van der Waals surface area (Å²) in [5.74, 6) is 0.128. The van der Waals surface area contributed by atoms with Gasteiger partial charge in [0.1, 0.15) is 10.8 Å². The average molecular weight is 389 g/mol. The van der Waals surface area contributed by atoms with Crippen LogP contribution in [-0.2, 0) is 6.42 Å². The van der Waals surface area contributed by atoms with Gasteiger partial charge >= 0.3 is 0 Å². The summed E-state index contributed by atoms with van der Waals surface area (Å²) < 4.78 is 0.962. The molecular weight excluding hydrogens is 370 g/mol. The number of nitrogens with one attached hydrogen (secondary N) is 1. The van der Waals surface area contributed by atoms with Crippen LogP contribution < -0.4 is 11.1 Å². The Morgan fingerprint density at radius 2 is 1.89 bits per heavy atom. The van der Waals surface area contributed by atoms with Crippen molar-refractivity contribution in [2.45, 2.75) is 6.42 Å². The number of nitrogens with zero attached hydrogens (tertiary/aromatic N) is 1. The molecule has 4 aromatic rings. The number of nitrogens with two attached hydrogens (primary N) is 1. The first-order chi connectivity index (χ1) is 13.6. The van der Waals surface area contributed by atoms with Crippen LogP contribution in [0.3, 0.4) is 0 Å². The summed E-state index contributed by atoms with van der Waals surface area (Å²) in [7, 11) is 0. The molecule has 0 aliphatic carbocycles. The van der Waals surface area contributed by atoms with E-state index in [4.69, 9.17) is 5.73 Å². The SMILES string of the molecule is Nc1cccc(-c2nc3ccc(C(=O)NCCc4ccc(O)cc4)cc3s2)c1. The Labute approximate surface area is 166 Å². The second-order valence-electron chi connectivity index (χ2n) is 6.50. The highest BCUT2D eigenvalue weighted by Gasteiger charge is 2.11. The van der Waals surface area contributed by atoms with Crippen molar-refractivity contribution in [2.75, 3.05) is 12.3 Å². The van der Waals surface area contributed by atoms with Gasteiger partial charge in [0, 0.05) is 23.4 Å². The molecule has 6 heteroatoms. The Kier molecular flexibility index (Phi) is 4.95. The van der Waals surface area contributed by atoms with Crippen LogP contribution in [-0.4, -0.2) is 22.5 Å². The van der Waals surface area contributed by atoms with E-state index in [0.717, 1.165) is 26.4 Å². The lowest BCUT2D eigenvalue weighted by molar-refractivity contribution is 0.0954. The number of hydrogen-bond donors (Lipinski definition) is 3. The molecule has 0 saturated heterocycles. The molecule has 1 amide bonds. The molecule has 0 aliphatic rings. The van der Waals surface area contributed by atoms with Crippen LogP contribution >= 0.6 is 11.3 Å². The van der Waals surface area contributed by atoms with Gasteiger partial charge in [0.25, 0.3) is 5.91 Å². The van der Waals surface area contributed by atoms with E-state index in [2.05, 4.69) is 10.3 Å². The zero-order valence-electron chi connectivity index (χ0n) is 15.1. The lowest BCUT2D eigenvalue weighted by atomic mass is 10.1. The molecule has 0 fully saturated rings. The number of hydrogen-bond acceptors (Lipinski definition) is 5. The number of aromatic nitrogens is 1. The summed E-state index contributed by atoms with van der Waals surface area (Å²) in [6, 6.07) is 20.2. The zero-order chi connectivity index (χ0) is 19.5. The molecule has 0 unspecified atom stereocenters. The summed E-state index contributed by atoms with van der Waals surface area (Å²) in [6.45, 7) is 0.527. The highest BCUT2D eigenvalue weighted by molar-refractivity contribution is 7.21. The number of carbonyl (C=O) groups is 1. The van der Waals surface area contributed by atoms with E-state index in [0.29, 0.717) is 24.2 Å². The summed E-state index contributed by atoms with van der Waals surface area (Å²) in [4.78, 5) is 17.1. The van der Waals surface area contributed by atoms with E-state index in [9.17, 15) is 9.90 Å². The standard InChI is InChI=1S/C22H19N3O2S/c23-17-3-1-2-16(12-17)22-25-19-9-6-15(13-20(19)28-22)21(27)24-11-10-14-4-7-18(26)8-5-14/h1-9,12-13,26H,10-11,23H2,(H,24,27). The van der Waals surface area contributed by atoms with Crippen molar-refractivity contribution in [1.82, 2.24) is 10.3 Å². The van der Waals surface area contributed by atoms with Crippen LogP contribution in [0, 0.1) is 0 Å². The third kappa shape index (κ3) is 3.97. The number of thiazole rings is 1. The lowest BCUT2D eigenvalue weighted by Crippen LogP contribution is -2.25. The molecule has 4 N–H and O–H groups in total. The van der Waals surface area contributed by atoms with Crippen LogP contribution in [0.4, 0.5) is 5.69 Å². The monoisotopic (exact) mass is 389 g/mol. The van der Waals surface area contributed by atoms with Crippen molar-refractivity contribution < 1.29 is 9.90 Å². The summed E-state index contributed by atoms with van der Waals surface area (Å²) in [5, 5.41) is 13.1. The van der Waals surface area contributed by atoms with Crippen molar-refractivity contribution in [2.24, 2.45) is 0 Å². The van der Waals surface area contributed by atoms with Crippen LogP contribution in [0.15, 0.2) is 66.7 Å². The van der Waals surface area contributed by atoms with Gasteiger partial charge in [-0.1, -0.05) is 24.3 Å². The summed E-state index contributed by atoms with van der Waals surface area (Å²) in [5.41, 5.74) is 10.1. The largest absolute Gasteiger partial charge is 0.508 e. The Balaban J connectivity index is 1.46. The molecule has 0 bridgehead atoms. The number of phenols is 1. The number of anilines is 1. The lowest BCUT2D eigenvalue weighted by Gasteiger charge is -2.05. The van der Waals surface area contributed by atoms with Gasteiger partial charge in [-0.05, 0) is 54.4 Å². The minimum absolute atomic E-state index is 0.111. The maximum Gasteiger partial charge on any atom is 0.251 e. The van der Waals surface area contributed by atoms with E-state index in [1.165, 1.54) is 0 Å². The second kappa shape index (κ2) is 7.70. The van der Waals surface area contributed by atoms with Crippen LogP contribution in [0.1, 0.15) is 15.9 Å². The molecule has 0 saturated carbocycles. The number of fused-ring (bicyclic) bond motifs is 1. The summed E-state index contributed by atoms with van der Waals surface area (Å²) in [6.07, 6.45) is 0.703. The highest BCUT2D eigenvalue weighted by atomic mass is 32.1. The van der Waals surface area contributed by atoms with Gasteiger partial charge in [0.05, 0.1) is 10.2 Å². The Bertz CT molecular complexity index is 1140. The van der Waals surface area contributed by atoms with E-state index in [-0.39, 0.29) is 11.7 Å². The first-order valence-electron chi connectivity index (χ1n) is 8.91. The fourth-order valence-corrected chi connectivity index (χ4v) is 3.95. The van der Waals surface area contributed by atoms with Crippen molar-refractivity contribution in [3.63, 3.8) is 0 Å². The molecule has 0 atom stereocenters. The van der Waals surface area contributed by atoms with Gasteiger partial charge < -0.3 is 16.2 Å². The molecule has 1 heterocycles. The van der Waals surface area contributed by atoms with Gasteiger partial charge in [-0.2, -0.15) is 0 Å². The minimum atomic E-state index is -0.111. The van der Waals surface area contributed by atoms with Gasteiger partial charge in [0.15, 0.2) is 0 Å². The normalized spacial score (nSPS) is 10.9. The molecule has 0 aliphatic heterocycles. The van der Waals surface area contributed by atoms with Gasteiger partial charge in [-0.15, -0.1) is 11.3 Å². The smallest absolute Gasteiger partial charge is 0.251 e. The predicted octanol–water partition coefficient (Wildman–Crippen LogP) is 4.22. The fourth-order valence-electron chi connectivity index (χ4n) is 2.95. The molecule has 4 rings (SSSR count). The number of nitrogen functional groups attached to an aromatic ring is 1. The predicted molar refractivity (Wildman–Crippen MR) is 114 cm³/mol. The maximum absolute atomic E-state index is 12.5. The van der Waals surface area contributed by atoms with E-state index in [1.807, 2.05) is 48.5 Å². The van der Waals surface area contributed by atoms with Crippen molar-refractivity contribution >= 4 is 33.1 Å². The van der Waals surface area contributed by atoms with Gasteiger partial charge in [-0.25, -0.2) is 4.98 Å². The Morgan fingerprint density at radius 1 is 1.07 bits per heavy atom. The number of amides is 1. The summed E-state index contributed by atoms with van der Waals surface area (Å²) >= 11 is 1.54. The second-order valence-corrected chi connectivity index (χ2v) is 7.53. The molecule has 3 aromatic carbocycles. The van der Waals surface area contributed by atoms with E-state index < -0.39 is 0 Å². The molecular formula is C22H19N3O2S. The molecule has 1 aromatic heterocycles. The van der Waals surface area contributed by atoms with Crippen molar-refractivity contribution in [3.8, 4) is 16.3 Å². The van der Waals surface area contributed by atoms with Crippen molar-refractivity contribution in [3.05, 3.63) is 77.9 Å².